The second kappa shape index (κ2) is 6.31. The van der Waals surface area contributed by atoms with Gasteiger partial charge < -0.3 is 24.1 Å². The summed E-state index contributed by atoms with van der Waals surface area (Å²) in [5.74, 6) is 1.37. The highest BCUT2D eigenvalue weighted by Crippen LogP contribution is 2.35. The second-order valence-corrected chi connectivity index (χ2v) is 4.70. The highest BCUT2D eigenvalue weighted by Gasteiger charge is 2.14. The van der Waals surface area contributed by atoms with Crippen LogP contribution in [0, 0.1) is 0 Å². The van der Waals surface area contributed by atoms with Gasteiger partial charge >= 0.3 is 5.97 Å². The lowest BCUT2D eigenvalue weighted by atomic mass is 10.2. The molecule has 0 atom stereocenters. The van der Waals surface area contributed by atoms with Crippen LogP contribution < -0.4 is 18.9 Å². The number of methoxy groups -OCH3 is 1. The molecule has 0 aliphatic carbocycles. The molecule has 1 aliphatic rings. The van der Waals surface area contributed by atoms with Gasteiger partial charge in [-0.25, -0.2) is 4.79 Å². The van der Waals surface area contributed by atoms with E-state index in [9.17, 15) is 9.90 Å². The first-order chi connectivity index (χ1) is 11.2. The summed E-state index contributed by atoms with van der Waals surface area (Å²) in [6.45, 7) is 0.162. The lowest BCUT2D eigenvalue weighted by Gasteiger charge is -2.04. The third-order valence-electron chi connectivity index (χ3n) is 3.18. The van der Waals surface area contributed by atoms with Crippen molar-refractivity contribution < 1.29 is 28.8 Å². The molecule has 0 bridgehead atoms. The monoisotopic (exact) mass is 314 g/mol. The standard InChI is InChI=1S/C17H14O6/c1-20-15-8-11(2-5-13(15)18)3-7-17(19)23-12-4-6-14-16(9-12)22-10-21-14/h2-9,18H,10H2,1H3/b7-3+. The highest BCUT2D eigenvalue weighted by molar-refractivity contribution is 5.88. The van der Waals surface area contributed by atoms with Crippen molar-refractivity contribution in [1.29, 1.82) is 0 Å². The maximum Gasteiger partial charge on any atom is 0.336 e. The van der Waals surface area contributed by atoms with Gasteiger partial charge in [-0.15, -0.1) is 0 Å². The third kappa shape index (κ3) is 3.37. The van der Waals surface area contributed by atoms with Crippen molar-refractivity contribution in [2.24, 2.45) is 0 Å². The molecule has 0 saturated carbocycles. The van der Waals surface area contributed by atoms with E-state index in [-0.39, 0.29) is 12.5 Å². The van der Waals surface area contributed by atoms with Crippen molar-refractivity contribution in [3.05, 3.63) is 48.0 Å². The van der Waals surface area contributed by atoms with Gasteiger partial charge in [0.1, 0.15) is 5.75 Å². The third-order valence-corrected chi connectivity index (χ3v) is 3.18. The molecule has 2 aromatic rings. The molecule has 0 radical (unpaired) electrons. The van der Waals surface area contributed by atoms with Crippen molar-refractivity contribution in [3.63, 3.8) is 0 Å². The summed E-state index contributed by atoms with van der Waals surface area (Å²) in [4.78, 5) is 11.8. The van der Waals surface area contributed by atoms with E-state index in [1.165, 1.54) is 19.3 Å². The van der Waals surface area contributed by atoms with Crippen LogP contribution in [0.1, 0.15) is 5.56 Å². The Kier molecular flexibility index (Phi) is 4.05. The van der Waals surface area contributed by atoms with Crippen LogP contribution in [0.15, 0.2) is 42.5 Å². The molecule has 6 nitrogen and oxygen atoms in total. The highest BCUT2D eigenvalue weighted by atomic mass is 16.7. The van der Waals surface area contributed by atoms with Crippen molar-refractivity contribution in [3.8, 4) is 28.7 Å². The topological polar surface area (TPSA) is 74.2 Å². The molecule has 23 heavy (non-hydrogen) atoms. The minimum absolute atomic E-state index is 0.0348. The predicted octanol–water partition coefficient (Wildman–Crippen LogP) is 2.75. The number of hydrogen-bond donors (Lipinski definition) is 1. The summed E-state index contributed by atoms with van der Waals surface area (Å²) >= 11 is 0. The first kappa shape index (κ1) is 14.8. The van der Waals surface area contributed by atoms with E-state index in [4.69, 9.17) is 18.9 Å². The molecule has 0 aromatic heterocycles. The maximum absolute atomic E-state index is 11.8. The van der Waals surface area contributed by atoms with Crippen LogP contribution in [0.25, 0.3) is 6.08 Å². The number of esters is 1. The van der Waals surface area contributed by atoms with Crippen LogP contribution in [-0.2, 0) is 4.79 Å². The summed E-state index contributed by atoms with van der Waals surface area (Å²) in [5, 5.41) is 9.52. The molecule has 2 aromatic carbocycles. The molecule has 0 unspecified atom stereocenters. The summed E-state index contributed by atoms with van der Waals surface area (Å²) in [6.07, 6.45) is 2.85. The summed E-state index contributed by atoms with van der Waals surface area (Å²) < 4.78 is 20.6. The molecule has 118 valence electrons. The number of ether oxygens (including phenoxy) is 4. The molecule has 0 spiro atoms. The average molecular weight is 314 g/mol. The van der Waals surface area contributed by atoms with E-state index in [0.29, 0.717) is 28.6 Å². The largest absolute Gasteiger partial charge is 0.504 e. The van der Waals surface area contributed by atoms with Crippen LogP contribution in [-0.4, -0.2) is 25.0 Å². The molecule has 1 N–H and O–H groups in total. The Bertz CT molecular complexity index is 766. The smallest absolute Gasteiger partial charge is 0.336 e. The lowest BCUT2D eigenvalue weighted by Crippen LogP contribution is -2.03. The fourth-order valence-corrected chi connectivity index (χ4v) is 2.05. The second-order valence-electron chi connectivity index (χ2n) is 4.70. The first-order valence-corrected chi connectivity index (χ1v) is 6.82. The molecular weight excluding hydrogens is 300 g/mol. The number of rotatable bonds is 4. The number of aromatic hydroxyl groups is 1. The minimum Gasteiger partial charge on any atom is -0.504 e. The number of phenolic OH excluding ortho intramolecular Hbond substituents is 1. The van der Waals surface area contributed by atoms with E-state index in [2.05, 4.69) is 0 Å². The molecule has 0 amide bonds. The van der Waals surface area contributed by atoms with E-state index in [1.807, 2.05) is 0 Å². The molecule has 1 aliphatic heterocycles. The van der Waals surface area contributed by atoms with Crippen molar-refractivity contribution in [2.45, 2.75) is 0 Å². The van der Waals surface area contributed by atoms with Gasteiger partial charge in [0, 0.05) is 12.1 Å². The molecule has 0 saturated heterocycles. The molecular formula is C17H14O6. The normalized spacial score (nSPS) is 12.4. The SMILES string of the molecule is COc1cc(/C=C/C(=O)Oc2ccc3c(c2)OCO3)ccc1O. The van der Waals surface area contributed by atoms with Gasteiger partial charge in [-0.2, -0.15) is 0 Å². The predicted molar refractivity (Wildman–Crippen MR) is 81.9 cm³/mol. The number of carbonyl (C=O) groups is 1. The number of phenols is 1. The molecule has 3 rings (SSSR count). The summed E-state index contributed by atoms with van der Waals surface area (Å²) in [5.41, 5.74) is 0.697. The van der Waals surface area contributed by atoms with Gasteiger partial charge in [-0.1, -0.05) is 6.07 Å². The van der Waals surface area contributed by atoms with Crippen molar-refractivity contribution in [2.75, 3.05) is 13.9 Å². The maximum atomic E-state index is 11.8. The fourth-order valence-electron chi connectivity index (χ4n) is 2.05. The molecule has 6 heteroatoms. The van der Waals surface area contributed by atoms with Crippen LogP contribution in [0.3, 0.4) is 0 Å². The number of hydrogen-bond acceptors (Lipinski definition) is 6. The minimum atomic E-state index is -0.532. The van der Waals surface area contributed by atoms with Gasteiger partial charge in [-0.05, 0) is 35.9 Å². The zero-order valence-electron chi connectivity index (χ0n) is 12.3. The zero-order chi connectivity index (χ0) is 16.2. The molecule has 1 heterocycles. The van der Waals surface area contributed by atoms with Gasteiger partial charge in [0.05, 0.1) is 7.11 Å². The molecule has 0 fully saturated rings. The van der Waals surface area contributed by atoms with E-state index >= 15 is 0 Å². The Labute approximate surface area is 132 Å². The fraction of sp³-hybridized carbons (Fsp3) is 0.118. The summed E-state index contributed by atoms with van der Waals surface area (Å²) in [6, 6.07) is 9.66. The van der Waals surface area contributed by atoms with Gasteiger partial charge in [0.25, 0.3) is 0 Å². The average Bonchev–Trinajstić information content (AvgIpc) is 3.01. The van der Waals surface area contributed by atoms with Crippen LogP contribution >= 0.6 is 0 Å². The van der Waals surface area contributed by atoms with E-state index in [0.717, 1.165) is 0 Å². The van der Waals surface area contributed by atoms with Crippen LogP contribution in [0.5, 0.6) is 28.7 Å². The Morgan fingerprint density at radius 3 is 2.83 bits per heavy atom. The Hall–Kier alpha value is -3.15. The van der Waals surface area contributed by atoms with Gasteiger partial charge in [0.15, 0.2) is 23.0 Å². The summed E-state index contributed by atoms with van der Waals surface area (Å²) in [7, 11) is 1.45. The van der Waals surface area contributed by atoms with Crippen LogP contribution in [0.2, 0.25) is 0 Å². The van der Waals surface area contributed by atoms with Crippen molar-refractivity contribution in [1.82, 2.24) is 0 Å². The number of benzene rings is 2. The van der Waals surface area contributed by atoms with Crippen LogP contribution in [0.4, 0.5) is 0 Å². The Morgan fingerprint density at radius 2 is 2.00 bits per heavy atom. The zero-order valence-corrected chi connectivity index (χ0v) is 12.3. The number of fused-ring (bicyclic) bond motifs is 1. The first-order valence-electron chi connectivity index (χ1n) is 6.82. The van der Waals surface area contributed by atoms with E-state index < -0.39 is 5.97 Å². The lowest BCUT2D eigenvalue weighted by molar-refractivity contribution is -0.128. The number of carbonyl (C=O) groups excluding carboxylic acids is 1. The Balaban J connectivity index is 1.67. The van der Waals surface area contributed by atoms with Gasteiger partial charge in [-0.3, -0.25) is 0 Å². The van der Waals surface area contributed by atoms with E-state index in [1.54, 1.807) is 36.4 Å². The van der Waals surface area contributed by atoms with Gasteiger partial charge in [0.2, 0.25) is 6.79 Å². The Morgan fingerprint density at radius 1 is 1.17 bits per heavy atom. The van der Waals surface area contributed by atoms with Crippen molar-refractivity contribution >= 4 is 12.0 Å². The quantitative estimate of drug-likeness (QED) is 0.531.